The zero-order chi connectivity index (χ0) is 13.2. The summed E-state index contributed by atoms with van der Waals surface area (Å²) in [5, 5.41) is 0. The van der Waals surface area contributed by atoms with E-state index in [0.29, 0.717) is 11.3 Å². The first-order valence-corrected chi connectivity index (χ1v) is 6.73. The van der Waals surface area contributed by atoms with Gasteiger partial charge in [-0.25, -0.2) is 0 Å². The molecule has 17 heavy (non-hydrogen) atoms. The standard InChI is InChI=1S/C14H28N2O/c1-10(2)13(17)16-8-11(6-12(15)9-16)7-14(3,4)5/h10-12H,6-9,15H2,1-5H3. The van der Waals surface area contributed by atoms with E-state index in [9.17, 15) is 4.79 Å². The second-order valence-electron chi connectivity index (χ2n) is 7.02. The average molecular weight is 240 g/mol. The summed E-state index contributed by atoms with van der Waals surface area (Å²) in [6, 6.07) is 0.152. The monoisotopic (exact) mass is 240 g/mol. The van der Waals surface area contributed by atoms with E-state index in [-0.39, 0.29) is 17.9 Å². The Morgan fingerprint density at radius 3 is 2.41 bits per heavy atom. The van der Waals surface area contributed by atoms with Crippen molar-refractivity contribution in [3.63, 3.8) is 0 Å². The topological polar surface area (TPSA) is 46.3 Å². The van der Waals surface area contributed by atoms with Crippen LogP contribution in [0.3, 0.4) is 0 Å². The van der Waals surface area contributed by atoms with E-state index in [2.05, 4.69) is 20.8 Å². The highest BCUT2D eigenvalue weighted by atomic mass is 16.2. The zero-order valence-corrected chi connectivity index (χ0v) is 12.0. The maximum absolute atomic E-state index is 12.0. The molecule has 0 aromatic carbocycles. The quantitative estimate of drug-likeness (QED) is 0.804. The largest absolute Gasteiger partial charge is 0.341 e. The van der Waals surface area contributed by atoms with Crippen LogP contribution < -0.4 is 5.73 Å². The number of likely N-dealkylation sites (tertiary alicyclic amines) is 1. The molecule has 1 fully saturated rings. The van der Waals surface area contributed by atoms with Crippen LogP contribution in [0.4, 0.5) is 0 Å². The van der Waals surface area contributed by atoms with Gasteiger partial charge in [-0.15, -0.1) is 0 Å². The van der Waals surface area contributed by atoms with Gasteiger partial charge in [-0.2, -0.15) is 0 Å². The van der Waals surface area contributed by atoms with Crippen molar-refractivity contribution in [1.82, 2.24) is 4.90 Å². The van der Waals surface area contributed by atoms with Crippen molar-refractivity contribution in [2.75, 3.05) is 13.1 Å². The van der Waals surface area contributed by atoms with Gasteiger partial charge >= 0.3 is 0 Å². The molecule has 0 aromatic rings. The molecule has 1 amide bonds. The summed E-state index contributed by atoms with van der Waals surface area (Å²) in [7, 11) is 0. The molecule has 1 aliphatic rings. The highest BCUT2D eigenvalue weighted by Crippen LogP contribution is 2.30. The Hall–Kier alpha value is -0.570. The van der Waals surface area contributed by atoms with Gasteiger partial charge in [0.1, 0.15) is 0 Å². The lowest BCUT2D eigenvalue weighted by atomic mass is 9.80. The van der Waals surface area contributed by atoms with Crippen molar-refractivity contribution < 1.29 is 4.79 Å². The highest BCUT2D eigenvalue weighted by Gasteiger charge is 2.31. The van der Waals surface area contributed by atoms with Crippen LogP contribution >= 0.6 is 0 Å². The van der Waals surface area contributed by atoms with Gasteiger partial charge in [0.2, 0.25) is 5.91 Å². The molecule has 3 heteroatoms. The summed E-state index contributed by atoms with van der Waals surface area (Å²) in [5.74, 6) is 0.885. The van der Waals surface area contributed by atoms with Crippen molar-refractivity contribution in [2.24, 2.45) is 23.0 Å². The summed E-state index contributed by atoms with van der Waals surface area (Å²) < 4.78 is 0. The number of nitrogens with two attached hydrogens (primary N) is 1. The number of hydrogen-bond acceptors (Lipinski definition) is 2. The third-order valence-corrected chi connectivity index (χ3v) is 3.28. The van der Waals surface area contributed by atoms with Crippen LogP contribution in [0.25, 0.3) is 0 Å². The van der Waals surface area contributed by atoms with Gasteiger partial charge in [-0.05, 0) is 24.2 Å². The summed E-state index contributed by atoms with van der Waals surface area (Å²) in [4.78, 5) is 14.0. The van der Waals surface area contributed by atoms with E-state index >= 15 is 0 Å². The Labute approximate surface area is 106 Å². The molecule has 0 aromatic heterocycles. The van der Waals surface area contributed by atoms with Gasteiger partial charge in [0.05, 0.1) is 0 Å². The number of piperidine rings is 1. The van der Waals surface area contributed by atoms with Crippen LogP contribution in [0.2, 0.25) is 0 Å². The minimum atomic E-state index is 0.0792. The second kappa shape index (κ2) is 5.38. The molecule has 1 saturated heterocycles. The first-order chi connectivity index (χ1) is 7.69. The van der Waals surface area contributed by atoms with E-state index < -0.39 is 0 Å². The maximum Gasteiger partial charge on any atom is 0.225 e. The smallest absolute Gasteiger partial charge is 0.225 e. The second-order valence-corrected chi connectivity index (χ2v) is 7.02. The molecule has 0 aliphatic carbocycles. The molecule has 3 nitrogen and oxygen atoms in total. The lowest BCUT2D eigenvalue weighted by molar-refractivity contribution is -0.136. The molecule has 100 valence electrons. The summed E-state index contributed by atoms with van der Waals surface area (Å²) in [5.41, 5.74) is 6.39. The SMILES string of the molecule is CC(C)C(=O)N1CC(N)CC(CC(C)(C)C)C1. The van der Waals surface area contributed by atoms with Crippen LogP contribution in [0.1, 0.15) is 47.5 Å². The summed E-state index contributed by atoms with van der Waals surface area (Å²) in [6.45, 7) is 12.3. The maximum atomic E-state index is 12.0. The van der Waals surface area contributed by atoms with E-state index in [1.54, 1.807) is 0 Å². The van der Waals surface area contributed by atoms with Crippen LogP contribution in [0.15, 0.2) is 0 Å². The van der Waals surface area contributed by atoms with Crippen molar-refractivity contribution >= 4 is 5.91 Å². The Kier molecular flexibility index (Phi) is 4.59. The Morgan fingerprint density at radius 2 is 1.94 bits per heavy atom. The predicted octanol–water partition coefficient (Wildman–Crippen LogP) is 2.25. The fourth-order valence-corrected chi connectivity index (χ4v) is 2.81. The normalized spacial score (nSPS) is 26.4. The number of amides is 1. The van der Waals surface area contributed by atoms with Crippen LogP contribution in [-0.2, 0) is 4.79 Å². The molecule has 2 N–H and O–H groups in total. The first kappa shape index (κ1) is 14.5. The average Bonchev–Trinajstić information content (AvgIpc) is 2.12. The molecule has 0 bridgehead atoms. The van der Waals surface area contributed by atoms with Crippen LogP contribution in [0.5, 0.6) is 0 Å². The molecular weight excluding hydrogens is 212 g/mol. The fourth-order valence-electron chi connectivity index (χ4n) is 2.81. The third kappa shape index (κ3) is 4.66. The van der Waals surface area contributed by atoms with E-state index in [4.69, 9.17) is 5.73 Å². The third-order valence-electron chi connectivity index (χ3n) is 3.28. The van der Waals surface area contributed by atoms with Gasteiger partial charge in [0, 0.05) is 25.0 Å². The summed E-state index contributed by atoms with van der Waals surface area (Å²) in [6.07, 6.45) is 2.20. The van der Waals surface area contributed by atoms with Gasteiger partial charge in [0.25, 0.3) is 0 Å². The molecule has 0 radical (unpaired) electrons. The molecule has 1 rings (SSSR count). The lowest BCUT2D eigenvalue weighted by Crippen LogP contribution is -2.51. The van der Waals surface area contributed by atoms with Crippen molar-refractivity contribution in [1.29, 1.82) is 0 Å². The minimum absolute atomic E-state index is 0.0792. The van der Waals surface area contributed by atoms with Gasteiger partial charge < -0.3 is 10.6 Å². The Bertz CT molecular complexity index is 268. The minimum Gasteiger partial charge on any atom is -0.341 e. The number of hydrogen-bond donors (Lipinski definition) is 1. The fraction of sp³-hybridized carbons (Fsp3) is 0.929. The molecule has 2 unspecified atom stereocenters. The van der Waals surface area contributed by atoms with Crippen molar-refractivity contribution in [3.05, 3.63) is 0 Å². The molecule has 2 atom stereocenters. The van der Waals surface area contributed by atoms with Gasteiger partial charge in [-0.1, -0.05) is 34.6 Å². The molecule has 0 spiro atoms. The van der Waals surface area contributed by atoms with E-state index in [1.807, 2.05) is 18.7 Å². The Morgan fingerprint density at radius 1 is 1.35 bits per heavy atom. The summed E-state index contributed by atoms with van der Waals surface area (Å²) >= 11 is 0. The lowest BCUT2D eigenvalue weighted by Gasteiger charge is -2.39. The molecular formula is C14H28N2O. The number of carbonyl (C=O) groups is 1. The van der Waals surface area contributed by atoms with Crippen molar-refractivity contribution in [3.8, 4) is 0 Å². The van der Waals surface area contributed by atoms with Gasteiger partial charge in [-0.3, -0.25) is 4.79 Å². The predicted molar refractivity (Wildman–Crippen MR) is 71.6 cm³/mol. The van der Waals surface area contributed by atoms with Crippen LogP contribution in [-0.4, -0.2) is 29.9 Å². The molecule has 1 aliphatic heterocycles. The van der Waals surface area contributed by atoms with E-state index in [0.717, 1.165) is 25.9 Å². The number of carbonyl (C=O) groups excluding carboxylic acids is 1. The van der Waals surface area contributed by atoms with Gasteiger partial charge in [0.15, 0.2) is 0 Å². The molecule has 0 saturated carbocycles. The van der Waals surface area contributed by atoms with E-state index in [1.165, 1.54) is 0 Å². The highest BCUT2D eigenvalue weighted by molar-refractivity contribution is 5.78. The first-order valence-electron chi connectivity index (χ1n) is 6.73. The zero-order valence-electron chi connectivity index (χ0n) is 12.0. The molecule has 1 heterocycles. The van der Waals surface area contributed by atoms with Crippen molar-refractivity contribution in [2.45, 2.75) is 53.5 Å². The number of rotatable bonds is 2. The number of nitrogens with zero attached hydrogens (tertiary/aromatic N) is 1. The Balaban J connectivity index is 2.62. The van der Waals surface area contributed by atoms with Crippen LogP contribution in [0, 0.1) is 17.3 Å².